The number of nitrogens with zero attached hydrogens (tertiary/aromatic N) is 2. The maximum atomic E-state index is 12.5. The van der Waals surface area contributed by atoms with E-state index in [9.17, 15) is 8.42 Å². The Kier molecular flexibility index (Phi) is 5.96. The molecule has 1 aliphatic rings. The molecule has 1 aromatic heterocycles. The maximum absolute atomic E-state index is 12.5. The van der Waals surface area contributed by atoms with Crippen LogP contribution in [0, 0.1) is 0 Å². The molecule has 8 nitrogen and oxygen atoms in total. The lowest BCUT2D eigenvalue weighted by Crippen LogP contribution is -2.44. The van der Waals surface area contributed by atoms with Gasteiger partial charge in [0.05, 0.1) is 12.6 Å². The van der Waals surface area contributed by atoms with Crippen molar-refractivity contribution in [3.8, 4) is 17.2 Å². The van der Waals surface area contributed by atoms with Gasteiger partial charge in [-0.05, 0) is 51.3 Å². The van der Waals surface area contributed by atoms with E-state index in [4.69, 9.17) is 15.0 Å². The van der Waals surface area contributed by atoms with Gasteiger partial charge in [-0.25, -0.2) is 13.1 Å². The van der Waals surface area contributed by atoms with Crippen LogP contribution >= 0.6 is 12.4 Å². The molecule has 1 aliphatic carbocycles. The molecule has 1 saturated carbocycles. The average molecular weight is 403 g/mol. The van der Waals surface area contributed by atoms with Crippen LogP contribution in [-0.2, 0) is 15.6 Å². The van der Waals surface area contributed by atoms with Crippen molar-refractivity contribution < 1.29 is 17.7 Å². The van der Waals surface area contributed by atoms with E-state index in [1.54, 1.807) is 26.0 Å². The van der Waals surface area contributed by atoms with Crippen LogP contribution in [0.4, 0.5) is 0 Å². The van der Waals surface area contributed by atoms with Crippen molar-refractivity contribution in [1.29, 1.82) is 0 Å². The monoisotopic (exact) mass is 402 g/mol. The maximum Gasteiger partial charge on any atom is 0.258 e. The standard InChI is InChI=1S/C16H22N4O4S.ClH/c1-10(2)20-25(21,22)13-9-11(5-6-12(13)23-3)14-18-15(19-24-14)16(17)7-4-8-16;/h5-6,9-10,20H,4,7-8,17H2,1-3H3;1H. The Morgan fingerprint density at radius 3 is 2.58 bits per heavy atom. The van der Waals surface area contributed by atoms with Gasteiger partial charge in [0.1, 0.15) is 10.6 Å². The third kappa shape index (κ3) is 3.85. The Morgan fingerprint density at radius 1 is 1.35 bits per heavy atom. The predicted molar refractivity (Wildman–Crippen MR) is 98.7 cm³/mol. The summed E-state index contributed by atoms with van der Waals surface area (Å²) in [6.45, 7) is 3.49. The first-order valence-electron chi connectivity index (χ1n) is 8.09. The van der Waals surface area contributed by atoms with Gasteiger partial charge in [0.15, 0.2) is 5.82 Å². The number of nitrogens with one attached hydrogen (secondary N) is 1. The molecule has 3 rings (SSSR count). The third-order valence-electron chi connectivity index (χ3n) is 4.21. The quantitative estimate of drug-likeness (QED) is 0.759. The molecule has 0 unspecified atom stereocenters. The molecular formula is C16H23ClN4O4S. The van der Waals surface area contributed by atoms with Crippen molar-refractivity contribution in [3.63, 3.8) is 0 Å². The zero-order valence-electron chi connectivity index (χ0n) is 14.9. The first-order chi connectivity index (χ1) is 11.7. The van der Waals surface area contributed by atoms with Crippen LogP contribution in [0.5, 0.6) is 5.75 Å². The minimum Gasteiger partial charge on any atom is -0.495 e. The molecule has 1 fully saturated rings. The van der Waals surface area contributed by atoms with E-state index in [0.717, 1.165) is 19.3 Å². The van der Waals surface area contributed by atoms with Gasteiger partial charge in [0.2, 0.25) is 10.0 Å². The van der Waals surface area contributed by atoms with Crippen LogP contribution in [0.25, 0.3) is 11.5 Å². The van der Waals surface area contributed by atoms with Crippen LogP contribution in [0.1, 0.15) is 38.9 Å². The number of benzene rings is 1. The van der Waals surface area contributed by atoms with Gasteiger partial charge in [-0.1, -0.05) is 5.16 Å². The molecule has 2 aromatic rings. The number of methoxy groups -OCH3 is 1. The summed E-state index contributed by atoms with van der Waals surface area (Å²) in [5.41, 5.74) is 6.16. The molecule has 26 heavy (non-hydrogen) atoms. The van der Waals surface area contributed by atoms with Gasteiger partial charge in [0.25, 0.3) is 5.89 Å². The number of sulfonamides is 1. The largest absolute Gasteiger partial charge is 0.495 e. The van der Waals surface area contributed by atoms with E-state index in [0.29, 0.717) is 11.4 Å². The molecule has 1 aromatic carbocycles. The predicted octanol–water partition coefficient (Wildman–Crippen LogP) is 2.19. The van der Waals surface area contributed by atoms with Crippen molar-refractivity contribution in [2.75, 3.05) is 7.11 Å². The fraction of sp³-hybridized carbons (Fsp3) is 0.500. The van der Waals surface area contributed by atoms with E-state index in [1.165, 1.54) is 13.2 Å². The van der Waals surface area contributed by atoms with Gasteiger partial charge in [-0.2, -0.15) is 4.98 Å². The zero-order chi connectivity index (χ0) is 18.2. The summed E-state index contributed by atoms with van der Waals surface area (Å²) < 4.78 is 38.1. The number of rotatable bonds is 6. The topological polar surface area (TPSA) is 120 Å². The Labute approximate surface area is 159 Å². The summed E-state index contributed by atoms with van der Waals surface area (Å²) in [5, 5.41) is 3.96. The Morgan fingerprint density at radius 2 is 2.04 bits per heavy atom. The number of nitrogens with two attached hydrogens (primary N) is 1. The van der Waals surface area contributed by atoms with Crippen molar-refractivity contribution in [2.45, 2.75) is 49.6 Å². The van der Waals surface area contributed by atoms with Crippen molar-refractivity contribution in [1.82, 2.24) is 14.9 Å². The highest BCUT2D eigenvalue weighted by molar-refractivity contribution is 7.89. The van der Waals surface area contributed by atoms with Crippen LogP contribution in [-0.4, -0.2) is 31.7 Å². The number of hydrogen-bond donors (Lipinski definition) is 2. The number of aromatic nitrogens is 2. The smallest absolute Gasteiger partial charge is 0.258 e. The molecule has 0 aliphatic heterocycles. The lowest BCUT2D eigenvalue weighted by atomic mass is 9.77. The van der Waals surface area contributed by atoms with Crippen molar-refractivity contribution >= 4 is 22.4 Å². The van der Waals surface area contributed by atoms with Gasteiger partial charge < -0.3 is 15.0 Å². The summed E-state index contributed by atoms with van der Waals surface area (Å²) in [6.07, 6.45) is 2.66. The normalized spacial score (nSPS) is 16.0. The highest BCUT2D eigenvalue weighted by Crippen LogP contribution is 2.38. The molecule has 0 atom stereocenters. The average Bonchev–Trinajstić information content (AvgIpc) is 3.01. The summed E-state index contributed by atoms with van der Waals surface area (Å²) in [4.78, 5) is 4.38. The third-order valence-corrected chi connectivity index (χ3v) is 5.89. The Bertz CT molecular complexity index is 878. The molecule has 0 bridgehead atoms. The Balaban J connectivity index is 0.00000243. The summed E-state index contributed by atoms with van der Waals surface area (Å²) in [6, 6.07) is 4.46. The Hall–Kier alpha value is -1.68. The van der Waals surface area contributed by atoms with Crippen LogP contribution in [0.3, 0.4) is 0 Å². The SMILES string of the molecule is COc1ccc(-c2nc(C3(N)CCC3)no2)cc1S(=O)(=O)NC(C)C.Cl. The van der Waals surface area contributed by atoms with E-state index in [1.807, 2.05) is 0 Å². The molecule has 10 heteroatoms. The molecule has 3 N–H and O–H groups in total. The number of halogens is 1. The minimum atomic E-state index is -3.74. The number of ether oxygens (including phenoxy) is 1. The van der Waals surface area contributed by atoms with Crippen molar-refractivity contribution in [3.05, 3.63) is 24.0 Å². The molecule has 0 spiro atoms. The van der Waals surface area contributed by atoms with E-state index >= 15 is 0 Å². The molecule has 144 valence electrons. The fourth-order valence-corrected chi connectivity index (χ4v) is 4.16. The van der Waals surface area contributed by atoms with Crippen molar-refractivity contribution in [2.24, 2.45) is 5.73 Å². The van der Waals surface area contributed by atoms with E-state index in [-0.39, 0.29) is 35.0 Å². The van der Waals surface area contributed by atoms with Gasteiger partial charge >= 0.3 is 0 Å². The van der Waals surface area contributed by atoms with E-state index < -0.39 is 15.6 Å². The highest BCUT2D eigenvalue weighted by atomic mass is 35.5. The van der Waals surface area contributed by atoms with Gasteiger partial charge in [-0.15, -0.1) is 12.4 Å². The number of hydrogen-bond acceptors (Lipinski definition) is 7. The van der Waals surface area contributed by atoms with Crippen LogP contribution < -0.4 is 15.2 Å². The molecule has 0 saturated heterocycles. The second kappa shape index (κ2) is 7.51. The lowest BCUT2D eigenvalue weighted by Gasteiger charge is -2.34. The lowest BCUT2D eigenvalue weighted by molar-refractivity contribution is 0.229. The minimum absolute atomic E-state index is 0. The second-order valence-corrected chi connectivity index (χ2v) is 8.26. The van der Waals surface area contributed by atoms with E-state index in [2.05, 4.69) is 14.9 Å². The summed E-state index contributed by atoms with van der Waals surface area (Å²) in [7, 11) is -2.32. The fourth-order valence-electron chi connectivity index (χ4n) is 2.72. The molecule has 0 radical (unpaired) electrons. The van der Waals surface area contributed by atoms with Crippen LogP contribution in [0.15, 0.2) is 27.6 Å². The first kappa shape index (κ1) is 20.6. The molecule has 1 heterocycles. The second-order valence-electron chi connectivity index (χ2n) is 6.57. The van der Waals surface area contributed by atoms with Crippen LogP contribution in [0.2, 0.25) is 0 Å². The zero-order valence-corrected chi connectivity index (χ0v) is 16.5. The highest BCUT2D eigenvalue weighted by Gasteiger charge is 2.39. The van der Waals surface area contributed by atoms with Gasteiger partial charge in [0, 0.05) is 11.6 Å². The summed E-state index contributed by atoms with van der Waals surface area (Å²) >= 11 is 0. The summed E-state index contributed by atoms with van der Waals surface area (Å²) in [5.74, 6) is 0.926. The molecule has 0 amide bonds. The van der Waals surface area contributed by atoms with Gasteiger partial charge in [-0.3, -0.25) is 0 Å². The first-order valence-corrected chi connectivity index (χ1v) is 9.57. The molecular weight excluding hydrogens is 380 g/mol.